The van der Waals surface area contributed by atoms with Gasteiger partial charge < -0.3 is 10.2 Å². The number of carbonyl (C=O) groups excluding carboxylic acids is 1. The van der Waals surface area contributed by atoms with E-state index in [2.05, 4.69) is 0 Å². The fourth-order valence-electron chi connectivity index (χ4n) is 3.05. The summed E-state index contributed by atoms with van der Waals surface area (Å²) >= 11 is 0. The van der Waals surface area contributed by atoms with E-state index in [9.17, 15) is 15.0 Å². The van der Waals surface area contributed by atoms with Crippen molar-refractivity contribution in [1.82, 2.24) is 0 Å². The molecule has 0 radical (unpaired) electrons. The Morgan fingerprint density at radius 1 is 1.44 bits per heavy atom. The lowest BCUT2D eigenvalue weighted by Gasteiger charge is -2.45. The summed E-state index contributed by atoms with van der Waals surface area (Å²) in [6, 6.07) is 0. The Bertz CT molecular complexity index is 439. The van der Waals surface area contributed by atoms with Crippen LogP contribution in [0.1, 0.15) is 40.5 Å². The highest BCUT2D eigenvalue weighted by Crippen LogP contribution is 2.49. The minimum atomic E-state index is -1.13. The van der Waals surface area contributed by atoms with Crippen molar-refractivity contribution < 1.29 is 15.0 Å². The number of hydrogen-bond donors (Lipinski definition) is 2. The van der Waals surface area contributed by atoms with E-state index in [0.29, 0.717) is 12.0 Å². The maximum absolute atomic E-state index is 12.1. The lowest BCUT2D eigenvalue weighted by molar-refractivity contribution is -0.113. The third-order valence-corrected chi connectivity index (χ3v) is 4.60. The third kappa shape index (κ3) is 1.95. The van der Waals surface area contributed by atoms with Gasteiger partial charge in [-0.25, -0.2) is 0 Å². The van der Waals surface area contributed by atoms with Crippen LogP contribution >= 0.6 is 0 Å². The first kappa shape index (κ1) is 13.5. The van der Waals surface area contributed by atoms with Crippen molar-refractivity contribution in [1.29, 1.82) is 0 Å². The van der Waals surface area contributed by atoms with Crippen LogP contribution in [0.15, 0.2) is 23.3 Å². The number of hydrogen-bond acceptors (Lipinski definition) is 3. The third-order valence-electron chi connectivity index (χ3n) is 4.60. The van der Waals surface area contributed by atoms with Gasteiger partial charge in [-0.05, 0) is 38.7 Å². The number of rotatable bonds is 1. The van der Waals surface area contributed by atoms with Gasteiger partial charge in [0.15, 0.2) is 5.78 Å². The summed E-state index contributed by atoms with van der Waals surface area (Å²) in [6.45, 7) is 7.31. The average molecular weight is 250 g/mol. The van der Waals surface area contributed by atoms with Crippen LogP contribution in [-0.2, 0) is 4.79 Å². The Hall–Kier alpha value is -0.930. The average Bonchev–Trinajstić information content (AvgIpc) is 2.25. The molecule has 1 fully saturated rings. The number of fused-ring (bicyclic) bond motifs is 1. The number of carbonyl (C=O) groups is 1. The van der Waals surface area contributed by atoms with Crippen molar-refractivity contribution in [3.05, 3.63) is 23.3 Å². The molecule has 3 atom stereocenters. The highest BCUT2D eigenvalue weighted by Gasteiger charge is 2.45. The van der Waals surface area contributed by atoms with Crippen molar-refractivity contribution >= 4 is 5.78 Å². The fourth-order valence-corrected chi connectivity index (χ4v) is 3.05. The first-order valence-corrected chi connectivity index (χ1v) is 6.55. The predicted molar refractivity (Wildman–Crippen MR) is 70.0 cm³/mol. The minimum Gasteiger partial charge on any atom is -0.393 e. The standard InChI is InChI=1S/C15H22O3/c1-9-12(16)6-5-10-7-13(17)11(14(2,3)18)8-15(9,10)4/h7-9,12,16,18H,5-6H2,1-4H3. The van der Waals surface area contributed by atoms with Crippen molar-refractivity contribution in [2.45, 2.75) is 52.2 Å². The number of allylic oxidation sites excluding steroid dienone is 3. The fraction of sp³-hybridized carbons (Fsp3) is 0.667. The normalized spacial score (nSPS) is 36.9. The second kappa shape index (κ2) is 4.04. The summed E-state index contributed by atoms with van der Waals surface area (Å²) < 4.78 is 0. The van der Waals surface area contributed by atoms with Crippen LogP contribution in [0.25, 0.3) is 0 Å². The first-order valence-electron chi connectivity index (χ1n) is 6.55. The van der Waals surface area contributed by atoms with Gasteiger partial charge in [0.25, 0.3) is 0 Å². The molecule has 3 unspecified atom stereocenters. The summed E-state index contributed by atoms with van der Waals surface area (Å²) in [7, 11) is 0. The van der Waals surface area contributed by atoms with Crippen LogP contribution in [0.5, 0.6) is 0 Å². The van der Waals surface area contributed by atoms with Gasteiger partial charge in [-0.15, -0.1) is 0 Å². The zero-order valence-electron chi connectivity index (χ0n) is 11.5. The molecule has 3 nitrogen and oxygen atoms in total. The van der Waals surface area contributed by atoms with Gasteiger partial charge in [0, 0.05) is 11.0 Å². The molecule has 3 heteroatoms. The molecular formula is C15H22O3. The van der Waals surface area contributed by atoms with Gasteiger partial charge in [0.2, 0.25) is 0 Å². The van der Waals surface area contributed by atoms with E-state index < -0.39 is 5.60 Å². The summed E-state index contributed by atoms with van der Waals surface area (Å²) in [4.78, 5) is 12.1. The monoisotopic (exact) mass is 250 g/mol. The largest absolute Gasteiger partial charge is 0.393 e. The Balaban J connectivity index is 2.49. The number of aliphatic hydroxyl groups is 2. The SMILES string of the molecule is CC1C(O)CCC2=CC(=O)C(C(C)(C)O)=CC21C. The van der Waals surface area contributed by atoms with Gasteiger partial charge in [-0.2, -0.15) is 0 Å². The molecular weight excluding hydrogens is 228 g/mol. The summed E-state index contributed by atoms with van der Waals surface area (Å²) in [6.07, 6.45) is 4.65. The van der Waals surface area contributed by atoms with Gasteiger partial charge in [-0.1, -0.05) is 25.5 Å². The molecule has 0 saturated heterocycles. The summed E-state index contributed by atoms with van der Waals surface area (Å²) in [5, 5.41) is 20.1. The Morgan fingerprint density at radius 3 is 2.61 bits per heavy atom. The highest BCUT2D eigenvalue weighted by atomic mass is 16.3. The van der Waals surface area contributed by atoms with Crippen LogP contribution in [-0.4, -0.2) is 27.7 Å². The molecule has 0 heterocycles. The molecule has 2 aliphatic carbocycles. The quantitative estimate of drug-likeness (QED) is 0.748. The molecule has 2 N–H and O–H groups in total. The molecule has 2 rings (SSSR count). The number of aliphatic hydroxyl groups excluding tert-OH is 1. The molecule has 1 saturated carbocycles. The molecule has 18 heavy (non-hydrogen) atoms. The van der Waals surface area contributed by atoms with E-state index in [1.165, 1.54) is 0 Å². The highest BCUT2D eigenvalue weighted by molar-refractivity contribution is 6.07. The Labute approximate surface area is 108 Å². The summed E-state index contributed by atoms with van der Waals surface area (Å²) in [5.41, 5.74) is 0.0681. The van der Waals surface area contributed by atoms with E-state index >= 15 is 0 Å². The van der Waals surface area contributed by atoms with Crippen molar-refractivity contribution in [3.63, 3.8) is 0 Å². The van der Waals surface area contributed by atoms with E-state index in [-0.39, 0.29) is 23.2 Å². The van der Waals surface area contributed by atoms with Crippen molar-refractivity contribution in [2.75, 3.05) is 0 Å². The molecule has 2 aliphatic rings. The zero-order valence-corrected chi connectivity index (χ0v) is 11.5. The van der Waals surface area contributed by atoms with Crippen molar-refractivity contribution in [2.24, 2.45) is 11.3 Å². The van der Waals surface area contributed by atoms with E-state index in [1.807, 2.05) is 19.9 Å². The van der Waals surface area contributed by atoms with E-state index in [4.69, 9.17) is 0 Å². The zero-order chi connectivity index (χ0) is 13.7. The predicted octanol–water partition coefficient (Wildman–Crippen LogP) is 1.99. The van der Waals surface area contributed by atoms with Gasteiger partial charge in [0.05, 0.1) is 11.7 Å². The molecule has 100 valence electrons. The second-order valence-corrected chi connectivity index (χ2v) is 6.33. The van der Waals surface area contributed by atoms with Crippen molar-refractivity contribution in [3.8, 4) is 0 Å². The first-order chi connectivity index (χ1) is 8.16. The molecule has 0 aromatic carbocycles. The van der Waals surface area contributed by atoms with Gasteiger partial charge >= 0.3 is 0 Å². The molecule has 0 bridgehead atoms. The molecule has 0 spiro atoms. The minimum absolute atomic E-state index is 0.0583. The van der Waals surface area contributed by atoms with E-state index in [0.717, 1.165) is 12.0 Å². The molecule has 0 aromatic heterocycles. The lowest BCUT2D eigenvalue weighted by atomic mass is 9.60. The van der Waals surface area contributed by atoms with Crippen LogP contribution < -0.4 is 0 Å². The Kier molecular flexibility index (Phi) is 3.03. The lowest BCUT2D eigenvalue weighted by Crippen LogP contribution is -2.43. The topological polar surface area (TPSA) is 57.5 Å². The molecule has 0 aromatic rings. The maximum atomic E-state index is 12.1. The van der Waals surface area contributed by atoms with E-state index in [1.54, 1.807) is 19.9 Å². The molecule has 0 amide bonds. The Morgan fingerprint density at radius 2 is 2.06 bits per heavy atom. The maximum Gasteiger partial charge on any atom is 0.184 e. The second-order valence-electron chi connectivity index (χ2n) is 6.33. The smallest absolute Gasteiger partial charge is 0.184 e. The van der Waals surface area contributed by atoms with Crippen LogP contribution in [0, 0.1) is 11.3 Å². The summed E-state index contributed by atoms with van der Waals surface area (Å²) in [5.74, 6) is -0.0403. The van der Waals surface area contributed by atoms with Crippen LogP contribution in [0.3, 0.4) is 0 Å². The van der Waals surface area contributed by atoms with Gasteiger partial charge in [-0.3, -0.25) is 4.79 Å². The van der Waals surface area contributed by atoms with Crippen LogP contribution in [0.2, 0.25) is 0 Å². The van der Waals surface area contributed by atoms with Gasteiger partial charge in [0.1, 0.15) is 0 Å². The van der Waals surface area contributed by atoms with Crippen LogP contribution in [0.4, 0.5) is 0 Å². The number of ketones is 1. The molecule has 0 aliphatic heterocycles.